The van der Waals surface area contributed by atoms with Crippen LogP contribution in [0, 0.1) is 0 Å². The Morgan fingerprint density at radius 1 is 1.44 bits per heavy atom. The van der Waals surface area contributed by atoms with Crippen LogP contribution < -0.4 is 10.6 Å². The Balaban J connectivity index is 2.67. The van der Waals surface area contributed by atoms with E-state index >= 15 is 0 Å². The maximum Gasteiger partial charge on any atom is 0.243 e. The van der Waals surface area contributed by atoms with Gasteiger partial charge in [-0.05, 0) is 44.0 Å². The topological polar surface area (TPSA) is 41.1 Å². The zero-order valence-electron chi connectivity index (χ0n) is 11.4. The van der Waals surface area contributed by atoms with E-state index in [-0.39, 0.29) is 11.4 Å². The number of amides is 1. The molecule has 0 atom stereocenters. The minimum Gasteiger partial charge on any atom is -0.380 e. The highest BCUT2D eigenvalue weighted by molar-refractivity contribution is 5.86. The maximum absolute atomic E-state index is 11.1. The van der Waals surface area contributed by atoms with Crippen LogP contribution in [-0.4, -0.2) is 11.4 Å². The Labute approximate surface area is 109 Å². The van der Waals surface area contributed by atoms with Crippen molar-refractivity contribution in [3.05, 3.63) is 42.5 Å². The van der Waals surface area contributed by atoms with Gasteiger partial charge in [0.05, 0.1) is 0 Å². The van der Waals surface area contributed by atoms with Crippen LogP contribution in [0.5, 0.6) is 0 Å². The Kier molecular flexibility index (Phi) is 4.95. The molecule has 0 spiro atoms. The van der Waals surface area contributed by atoms with E-state index in [0.717, 1.165) is 17.7 Å². The third-order valence-electron chi connectivity index (χ3n) is 2.95. The summed E-state index contributed by atoms with van der Waals surface area (Å²) in [6.07, 6.45) is 2.33. The smallest absolute Gasteiger partial charge is 0.243 e. The van der Waals surface area contributed by atoms with Gasteiger partial charge >= 0.3 is 0 Å². The molecule has 3 nitrogen and oxygen atoms in total. The molecule has 0 bridgehead atoms. The van der Waals surface area contributed by atoms with Gasteiger partial charge in [0.1, 0.15) is 0 Å². The first-order valence-electron chi connectivity index (χ1n) is 6.24. The van der Waals surface area contributed by atoms with E-state index < -0.39 is 0 Å². The van der Waals surface area contributed by atoms with E-state index in [2.05, 4.69) is 44.1 Å². The summed E-state index contributed by atoms with van der Waals surface area (Å²) in [5.74, 6) is -0.151. The summed E-state index contributed by atoms with van der Waals surface area (Å²) in [5, 5.41) is 6.24. The quantitative estimate of drug-likeness (QED) is 0.757. The molecule has 18 heavy (non-hydrogen) atoms. The molecular weight excluding hydrogens is 224 g/mol. The molecule has 0 saturated heterocycles. The van der Waals surface area contributed by atoms with Crippen LogP contribution in [0.25, 0.3) is 0 Å². The first-order chi connectivity index (χ1) is 8.46. The third kappa shape index (κ3) is 4.62. The van der Waals surface area contributed by atoms with Crippen molar-refractivity contribution in [3.63, 3.8) is 0 Å². The average Bonchev–Trinajstić information content (AvgIpc) is 2.36. The number of hydrogen-bond donors (Lipinski definition) is 2. The molecule has 2 N–H and O–H groups in total. The molecule has 0 aromatic heterocycles. The molecule has 0 heterocycles. The van der Waals surface area contributed by atoms with E-state index in [0.29, 0.717) is 6.54 Å². The summed E-state index contributed by atoms with van der Waals surface area (Å²) in [4.78, 5) is 11.1. The van der Waals surface area contributed by atoms with Gasteiger partial charge in [0.15, 0.2) is 0 Å². The van der Waals surface area contributed by atoms with Crippen LogP contribution in [0.4, 0.5) is 5.69 Å². The van der Waals surface area contributed by atoms with Crippen LogP contribution in [-0.2, 0) is 11.3 Å². The van der Waals surface area contributed by atoms with Crippen LogP contribution >= 0.6 is 0 Å². The standard InChI is InChI=1S/C15H22N2O/c1-5-14(18)16-11-12-8-7-9-13(10-12)17-15(3,4)6-2/h5,7-10,17H,1,6,11H2,2-4H3,(H,16,18). The minimum absolute atomic E-state index is 0.0724. The highest BCUT2D eigenvalue weighted by atomic mass is 16.1. The SMILES string of the molecule is C=CC(=O)NCc1cccc(NC(C)(C)CC)c1. The molecule has 1 aromatic rings. The summed E-state index contributed by atoms with van der Waals surface area (Å²) in [6.45, 7) is 10.4. The van der Waals surface area contributed by atoms with Crippen molar-refractivity contribution in [2.24, 2.45) is 0 Å². The van der Waals surface area contributed by atoms with Gasteiger partial charge in [0.25, 0.3) is 0 Å². The monoisotopic (exact) mass is 246 g/mol. The summed E-state index contributed by atoms with van der Waals surface area (Å²) < 4.78 is 0. The second-order valence-electron chi connectivity index (χ2n) is 4.98. The lowest BCUT2D eigenvalue weighted by Crippen LogP contribution is -2.29. The average molecular weight is 246 g/mol. The Hall–Kier alpha value is -1.77. The van der Waals surface area contributed by atoms with Gasteiger partial charge in [-0.1, -0.05) is 25.6 Å². The molecule has 1 aromatic carbocycles. The van der Waals surface area contributed by atoms with Crippen molar-refractivity contribution in [2.75, 3.05) is 5.32 Å². The van der Waals surface area contributed by atoms with Crippen molar-refractivity contribution in [1.29, 1.82) is 0 Å². The number of carbonyl (C=O) groups excluding carboxylic acids is 1. The largest absolute Gasteiger partial charge is 0.380 e. The zero-order valence-corrected chi connectivity index (χ0v) is 11.4. The van der Waals surface area contributed by atoms with Gasteiger partial charge in [0.2, 0.25) is 5.91 Å². The molecule has 98 valence electrons. The van der Waals surface area contributed by atoms with Gasteiger partial charge < -0.3 is 10.6 Å². The predicted molar refractivity (Wildman–Crippen MR) is 76.5 cm³/mol. The van der Waals surface area contributed by atoms with E-state index in [4.69, 9.17) is 0 Å². The van der Waals surface area contributed by atoms with Crippen LogP contribution in [0.3, 0.4) is 0 Å². The Morgan fingerprint density at radius 2 is 2.17 bits per heavy atom. The number of anilines is 1. The molecular formula is C15H22N2O. The summed E-state index contributed by atoms with van der Waals surface area (Å²) in [5.41, 5.74) is 2.22. The van der Waals surface area contributed by atoms with E-state index in [1.165, 1.54) is 6.08 Å². The van der Waals surface area contributed by atoms with Gasteiger partial charge in [-0.3, -0.25) is 4.79 Å². The van der Waals surface area contributed by atoms with Crippen LogP contribution in [0.2, 0.25) is 0 Å². The van der Waals surface area contributed by atoms with E-state index in [1.54, 1.807) is 0 Å². The number of hydrogen-bond acceptors (Lipinski definition) is 2. The lowest BCUT2D eigenvalue weighted by molar-refractivity contribution is -0.116. The molecule has 0 unspecified atom stereocenters. The minimum atomic E-state index is -0.151. The predicted octanol–water partition coefficient (Wildman–Crippen LogP) is 3.09. The molecule has 1 rings (SSSR count). The first-order valence-corrected chi connectivity index (χ1v) is 6.24. The fourth-order valence-corrected chi connectivity index (χ4v) is 1.50. The molecule has 1 amide bonds. The molecule has 0 aliphatic rings. The van der Waals surface area contributed by atoms with Crippen molar-refractivity contribution in [2.45, 2.75) is 39.3 Å². The summed E-state index contributed by atoms with van der Waals surface area (Å²) in [6, 6.07) is 8.08. The Bertz CT molecular complexity index is 424. The second kappa shape index (κ2) is 6.24. The van der Waals surface area contributed by atoms with Gasteiger partial charge in [0, 0.05) is 17.8 Å². The summed E-state index contributed by atoms with van der Waals surface area (Å²) >= 11 is 0. The molecule has 0 fully saturated rings. The first kappa shape index (κ1) is 14.3. The van der Waals surface area contributed by atoms with E-state index in [1.807, 2.05) is 18.2 Å². The zero-order chi connectivity index (χ0) is 13.6. The van der Waals surface area contributed by atoms with E-state index in [9.17, 15) is 4.79 Å². The normalized spacial score (nSPS) is 10.8. The third-order valence-corrected chi connectivity index (χ3v) is 2.95. The number of nitrogens with one attached hydrogen (secondary N) is 2. The van der Waals surface area contributed by atoms with Crippen molar-refractivity contribution >= 4 is 11.6 Å². The van der Waals surface area contributed by atoms with Gasteiger partial charge in [-0.25, -0.2) is 0 Å². The fourth-order valence-electron chi connectivity index (χ4n) is 1.50. The number of rotatable bonds is 6. The fraction of sp³-hybridized carbons (Fsp3) is 0.400. The lowest BCUT2D eigenvalue weighted by Gasteiger charge is -2.26. The van der Waals surface area contributed by atoms with Crippen LogP contribution in [0.1, 0.15) is 32.8 Å². The highest BCUT2D eigenvalue weighted by Gasteiger charge is 2.13. The number of carbonyl (C=O) groups is 1. The van der Waals surface area contributed by atoms with Crippen molar-refractivity contribution < 1.29 is 4.79 Å². The molecule has 3 heteroatoms. The van der Waals surface area contributed by atoms with Gasteiger partial charge in [-0.2, -0.15) is 0 Å². The van der Waals surface area contributed by atoms with Crippen LogP contribution in [0.15, 0.2) is 36.9 Å². The molecule has 0 aliphatic heterocycles. The summed E-state index contributed by atoms with van der Waals surface area (Å²) in [7, 11) is 0. The van der Waals surface area contributed by atoms with Crippen molar-refractivity contribution in [3.8, 4) is 0 Å². The molecule has 0 aliphatic carbocycles. The number of benzene rings is 1. The maximum atomic E-state index is 11.1. The van der Waals surface area contributed by atoms with Gasteiger partial charge in [-0.15, -0.1) is 0 Å². The molecule has 0 saturated carbocycles. The highest BCUT2D eigenvalue weighted by Crippen LogP contribution is 2.18. The lowest BCUT2D eigenvalue weighted by atomic mass is 10.0. The second-order valence-corrected chi connectivity index (χ2v) is 4.98. The van der Waals surface area contributed by atoms with Crippen molar-refractivity contribution in [1.82, 2.24) is 5.32 Å². The Morgan fingerprint density at radius 3 is 2.78 bits per heavy atom. The molecule has 0 radical (unpaired) electrons.